The van der Waals surface area contributed by atoms with Crippen LogP contribution in [-0.2, 0) is 20.2 Å². The summed E-state index contributed by atoms with van der Waals surface area (Å²) in [6.45, 7) is 0. The molecular weight excluding hydrogens is 782 g/mol. The molecule has 0 atom stereocenters. The summed E-state index contributed by atoms with van der Waals surface area (Å²) in [5, 5.41) is 42.1. The molecule has 0 spiro atoms. The van der Waals surface area contributed by atoms with Crippen LogP contribution in [0.2, 0.25) is 0 Å². The van der Waals surface area contributed by atoms with Gasteiger partial charge in [-0.25, -0.2) is 16.8 Å². The van der Waals surface area contributed by atoms with Gasteiger partial charge in [0.2, 0.25) is 22.4 Å². The van der Waals surface area contributed by atoms with Gasteiger partial charge in [-0.1, -0.05) is 6.07 Å². The number of Topliss-reactive ketones (excluding diaryl/α,β-unsaturated/α-hetero) is 1. The van der Waals surface area contributed by atoms with Crippen LogP contribution < -0.4 is 97.0 Å². The number of hydrogen-bond donors (Lipinski definition) is 4. The van der Waals surface area contributed by atoms with Crippen LogP contribution in [0.1, 0.15) is 15.9 Å². The Labute approximate surface area is 344 Å². The van der Waals surface area contributed by atoms with Crippen LogP contribution in [0.4, 0.5) is 28.4 Å². The molecule has 0 heterocycles. The number of non-ortho nitro benzene ring substituents is 1. The van der Waals surface area contributed by atoms with Crippen molar-refractivity contribution in [3.05, 3.63) is 134 Å². The van der Waals surface area contributed by atoms with Gasteiger partial charge in [-0.15, -0.1) is 0 Å². The van der Waals surface area contributed by atoms with Crippen molar-refractivity contribution in [1.82, 2.24) is 0 Å². The molecule has 0 aromatic heterocycles. The van der Waals surface area contributed by atoms with E-state index in [0.717, 1.165) is 36.4 Å². The number of aromatic hydroxyl groups is 1. The molecule has 0 aliphatic heterocycles. The molecule has 4 aromatic carbocycles. The minimum atomic E-state index is -5.25. The van der Waals surface area contributed by atoms with Gasteiger partial charge in [0.25, 0.3) is 5.69 Å². The monoisotopic (exact) mass is 798 g/mol. The average molecular weight is 799 g/mol. The molecule has 0 radical (unpaired) electrons. The van der Waals surface area contributed by atoms with Gasteiger partial charge in [0.05, 0.1) is 31.0 Å². The number of carbonyl (C=O) groups excluding carboxylic acids is 1. The molecule has 4 aromatic rings. The first-order chi connectivity index (χ1) is 24.3. The normalized spacial score (nSPS) is 13.9. The van der Waals surface area contributed by atoms with E-state index >= 15 is 0 Å². The van der Waals surface area contributed by atoms with Crippen molar-refractivity contribution in [3.8, 4) is 5.75 Å². The topological polar surface area (TPSA) is 345 Å². The van der Waals surface area contributed by atoms with Crippen molar-refractivity contribution >= 4 is 66.2 Å². The number of rotatable bonds is 10. The Morgan fingerprint density at radius 1 is 0.704 bits per heavy atom. The molecule has 26 heteroatoms. The van der Waals surface area contributed by atoms with Crippen LogP contribution in [-0.4, -0.2) is 52.4 Å². The molecule has 22 nitrogen and oxygen atoms in total. The molecule has 0 unspecified atom stereocenters. The van der Waals surface area contributed by atoms with Crippen LogP contribution in [0.3, 0.4) is 0 Å². The fourth-order valence-electron chi connectivity index (χ4n) is 4.41. The third kappa shape index (κ3) is 9.55. The molecule has 4 N–H and O–H groups in total. The maximum atomic E-state index is 13.4. The standard InChI is InChI=1S/C28H18N8O14S2.2Na/c37-22-8-7-19(31-32-20-11-17(51(45,46)47)12-21(27(20)39)36(43)44)28(40)24(22)33-30-15-2-1-13-9-23(52(48,49)50)25(26(38)18(13)10-15)34-29-14-3-5-16(6-4-14)35(41)42;;/h1-12,29-30,32,39H,(H,45,46,47)(H,48,49,50);;/q;2*+1/p-2. The van der Waals surface area contributed by atoms with Gasteiger partial charge in [0, 0.05) is 23.8 Å². The zero-order valence-corrected chi connectivity index (χ0v) is 32.9. The molecule has 54 heavy (non-hydrogen) atoms. The minimum Gasteiger partial charge on any atom is -0.744 e. The summed E-state index contributed by atoms with van der Waals surface area (Å²) >= 11 is 0. The van der Waals surface area contributed by atoms with Crippen LogP contribution >= 0.6 is 0 Å². The summed E-state index contributed by atoms with van der Waals surface area (Å²) in [5.41, 5.74) is 1.50. The van der Waals surface area contributed by atoms with Crippen LogP contribution in [0.25, 0.3) is 6.08 Å². The maximum Gasteiger partial charge on any atom is 1.00 e. The summed E-state index contributed by atoms with van der Waals surface area (Å²) in [4.78, 5) is 57.1. The number of phenolic OH excluding ortho intramolecular Hbond substituents is 1. The van der Waals surface area contributed by atoms with Crippen molar-refractivity contribution < 1.29 is 105 Å². The van der Waals surface area contributed by atoms with Gasteiger partial charge < -0.3 is 14.2 Å². The third-order valence-corrected chi connectivity index (χ3v) is 8.56. The number of nitrogens with zero attached hydrogens (tertiary/aromatic N) is 5. The van der Waals surface area contributed by atoms with Gasteiger partial charge in [-0.05, 0) is 54.1 Å². The van der Waals surface area contributed by atoms with E-state index in [1.807, 2.05) is 5.43 Å². The number of allylic oxidation sites excluding steroid dienone is 1. The number of anilines is 3. The zero-order chi connectivity index (χ0) is 38.1. The number of ketones is 1. The van der Waals surface area contributed by atoms with E-state index in [0.29, 0.717) is 12.1 Å². The Bertz CT molecular complexity index is 2750. The molecular formula is C28H16N8Na2O14S2. The number of fused-ring (bicyclic) bond motifs is 1. The Kier molecular flexibility index (Phi) is 13.6. The van der Waals surface area contributed by atoms with Gasteiger partial charge in [0.15, 0.2) is 5.36 Å². The van der Waals surface area contributed by atoms with Gasteiger partial charge in [-0.2, -0.15) is 15.3 Å². The third-order valence-electron chi connectivity index (χ3n) is 6.89. The Morgan fingerprint density at radius 3 is 1.93 bits per heavy atom. The van der Waals surface area contributed by atoms with Crippen molar-refractivity contribution in [3.63, 3.8) is 0 Å². The van der Waals surface area contributed by atoms with Crippen molar-refractivity contribution in [1.29, 1.82) is 0 Å². The Hall–Kier alpha value is -5.02. The summed E-state index contributed by atoms with van der Waals surface area (Å²) in [7, 11) is -10.5. The summed E-state index contributed by atoms with van der Waals surface area (Å²) in [6.07, 6.45) is 0.883. The second-order valence-electron chi connectivity index (χ2n) is 10.2. The number of hydrogen-bond acceptors (Lipinski definition) is 20. The number of benzene rings is 4. The van der Waals surface area contributed by atoms with Gasteiger partial charge >= 0.3 is 64.8 Å². The molecule has 266 valence electrons. The molecule has 1 aliphatic carbocycles. The second kappa shape index (κ2) is 17.0. The van der Waals surface area contributed by atoms with Crippen LogP contribution in [0, 0.1) is 20.2 Å². The smallest absolute Gasteiger partial charge is 0.744 e. The summed E-state index contributed by atoms with van der Waals surface area (Å²) < 4.78 is 70.3. The first kappa shape index (κ1) is 43.4. The van der Waals surface area contributed by atoms with E-state index in [4.69, 9.17) is 0 Å². The number of hydrazone groups is 1. The number of nitrogens with one attached hydrogen (secondary N) is 3. The van der Waals surface area contributed by atoms with Crippen LogP contribution in [0.5, 0.6) is 5.75 Å². The maximum absolute atomic E-state index is 13.4. The second-order valence-corrected chi connectivity index (χ2v) is 13.0. The summed E-state index contributed by atoms with van der Waals surface area (Å²) in [5.74, 6) is -2.18. The molecule has 5 rings (SSSR count). The predicted octanol–water partition coefficient (Wildman–Crippen LogP) is -5.88. The zero-order valence-electron chi connectivity index (χ0n) is 27.2. The van der Waals surface area contributed by atoms with Crippen molar-refractivity contribution in [2.75, 3.05) is 16.3 Å². The average Bonchev–Trinajstić information content (AvgIpc) is 3.07. The minimum absolute atomic E-state index is 0. The number of nitro groups is 2. The fourth-order valence-corrected chi connectivity index (χ4v) is 5.58. The van der Waals surface area contributed by atoms with E-state index in [1.54, 1.807) is 0 Å². The Morgan fingerprint density at radius 2 is 1.33 bits per heavy atom. The van der Waals surface area contributed by atoms with Crippen molar-refractivity contribution in [2.24, 2.45) is 15.3 Å². The van der Waals surface area contributed by atoms with E-state index in [2.05, 4.69) is 26.2 Å². The van der Waals surface area contributed by atoms with Gasteiger partial charge in [0.1, 0.15) is 37.0 Å². The van der Waals surface area contributed by atoms with E-state index in [9.17, 15) is 65.7 Å². The SMILES string of the molecule is O=C1C(=NNc2ccc([N+](=O)[O-])cc2)C(S(=O)(=O)[O-])=Cc2ccc(NN=c3c(=O)ccc(=NNc4cc(S(=O)(=O)[O-])cc([N+](=O)[O-])c4O)c3=O)cc21.[Na+].[Na+]. The first-order valence-corrected chi connectivity index (χ1v) is 16.5. The van der Waals surface area contributed by atoms with Crippen LogP contribution in [0.15, 0.2) is 101 Å². The molecule has 0 amide bonds. The largest absolute Gasteiger partial charge is 1.00 e. The molecule has 0 fully saturated rings. The predicted molar refractivity (Wildman–Crippen MR) is 175 cm³/mol. The molecule has 1 aliphatic rings. The number of phenols is 1. The quantitative estimate of drug-likeness (QED) is 0.0381. The Balaban J connectivity index is 0.00000392. The molecule has 0 bridgehead atoms. The van der Waals surface area contributed by atoms with E-state index < -0.39 is 90.1 Å². The molecule has 0 saturated carbocycles. The number of carbonyl (C=O) groups is 1. The van der Waals surface area contributed by atoms with Crippen molar-refractivity contribution in [2.45, 2.75) is 4.90 Å². The first-order valence-electron chi connectivity index (χ1n) is 13.7. The fraction of sp³-hybridized carbons (Fsp3) is 0. The summed E-state index contributed by atoms with van der Waals surface area (Å²) in [6, 6.07) is 10.8. The molecule has 0 saturated heterocycles. The van der Waals surface area contributed by atoms with Gasteiger partial charge in [-0.3, -0.25) is 50.9 Å². The number of nitro benzene ring substituents is 2. The van der Waals surface area contributed by atoms with E-state index in [-0.39, 0.29) is 87.3 Å². The van der Waals surface area contributed by atoms with E-state index in [1.165, 1.54) is 24.3 Å².